The number of nitrogens with zero attached hydrogens (tertiary/aromatic N) is 1. The van der Waals surface area contributed by atoms with Gasteiger partial charge < -0.3 is 9.47 Å². The van der Waals surface area contributed by atoms with Crippen LogP contribution in [0.3, 0.4) is 0 Å². The second-order valence-corrected chi connectivity index (χ2v) is 8.86. The highest BCUT2D eigenvalue weighted by atomic mass is 35.5. The Hall–Kier alpha value is -2.16. The predicted octanol–water partition coefficient (Wildman–Crippen LogP) is 3.89. The van der Waals surface area contributed by atoms with Gasteiger partial charge in [0.2, 0.25) is 10.0 Å². The fraction of sp³-hybridized carbons (Fsp3) is 0.350. The van der Waals surface area contributed by atoms with Crippen LogP contribution in [0.25, 0.3) is 0 Å². The Morgan fingerprint density at radius 1 is 1.03 bits per heavy atom. The number of hydrogen-bond donors (Lipinski definition) is 0. The van der Waals surface area contributed by atoms with Crippen LogP contribution in [0.15, 0.2) is 47.4 Å². The van der Waals surface area contributed by atoms with Gasteiger partial charge in [-0.25, -0.2) is 17.6 Å². The van der Waals surface area contributed by atoms with Gasteiger partial charge in [0.1, 0.15) is 29.7 Å². The molecule has 1 aliphatic heterocycles. The number of benzene rings is 2. The highest BCUT2D eigenvalue weighted by Gasteiger charge is 2.29. The first-order valence-electron chi connectivity index (χ1n) is 9.23. The van der Waals surface area contributed by atoms with E-state index in [2.05, 4.69) is 0 Å². The number of esters is 1. The van der Waals surface area contributed by atoms with E-state index >= 15 is 0 Å². The van der Waals surface area contributed by atoms with Gasteiger partial charge in [-0.05, 0) is 55.3 Å². The largest absolute Gasteiger partial charge is 0.490 e. The number of carbonyl (C=O) groups excluding carboxylic acids is 1. The first-order valence-corrected chi connectivity index (χ1v) is 11.0. The second kappa shape index (κ2) is 9.56. The Balaban J connectivity index is 1.62. The molecule has 6 nitrogen and oxygen atoms in total. The minimum absolute atomic E-state index is 0.0486. The van der Waals surface area contributed by atoms with Crippen LogP contribution in [0.2, 0.25) is 5.02 Å². The van der Waals surface area contributed by atoms with Crippen LogP contribution in [0.1, 0.15) is 29.6 Å². The van der Waals surface area contributed by atoms with E-state index in [9.17, 15) is 17.6 Å². The van der Waals surface area contributed by atoms with Crippen molar-refractivity contribution in [2.45, 2.75) is 24.2 Å². The topological polar surface area (TPSA) is 72.9 Å². The molecule has 29 heavy (non-hydrogen) atoms. The Labute approximate surface area is 174 Å². The molecule has 0 saturated carbocycles. The first kappa shape index (κ1) is 21.5. The van der Waals surface area contributed by atoms with Crippen molar-refractivity contribution in [3.05, 3.63) is 58.9 Å². The average molecular weight is 442 g/mol. The lowest BCUT2D eigenvalue weighted by molar-refractivity contribution is 0.0450. The highest BCUT2D eigenvalue weighted by Crippen LogP contribution is 2.28. The third-order valence-electron chi connectivity index (χ3n) is 4.50. The van der Waals surface area contributed by atoms with Crippen LogP contribution in [0.5, 0.6) is 5.75 Å². The zero-order chi connectivity index (χ0) is 20.9. The summed E-state index contributed by atoms with van der Waals surface area (Å²) in [5, 5.41) is 0.0618. The molecule has 1 fully saturated rings. The fourth-order valence-electron chi connectivity index (χ4n) is 2.98. The lowest BCUT2D eigenvalue weighted by atomic mass is 10.2. The molecule has 1 heterocycles. The van der Waals surface area contributed by atoms with Gasteiger partial charge in [0.05, 0.1) is 10.6 Å². The molecule has 3 rings (SSSR count). The molecule has 0 bridgehead atoms. The lowest BCUT2D eigenvalue weighted by Gasteiger charge is -2.26. The number of halogens is 2. The molecule has 9 heteroatoms. The number of sulfonamides is 1. The molecule has 0 radical (unpaired) electrons. The van der Waals surface area contributed by atoms with Gasteiger partial charge in [-0.2, -0.15) is 4.31 Å². The molecule has 1 saturated heterocycles. The van der Waals surface area contributed by atoms with E-state index in [1.165, 1.54) is 46.8 Å². The van der Waals surface area contributed by atoms with Crippen molar-refractivity contribution in [2.24, 2.45) is 0 Å². The van der Waals surface area contributed by atoms with Crippen LogP contribution in [0.4, 0.5) is 4.39 Å². The molecule has 0 aliphatic carbocycles. The summed E-state index contributed by atoms with van der Waals surface area (Å²) in [6.45, 7) is 0.902. The highest BCUT2D eigenvalue weighted by molar-refractivity contribution is 7.89. The molecule has 156 valence electrons. The van der Waals surface area contributed by atoms with Gasteiger partial charge >= 0.3 is 5.97 Å². The molecule has 0 spiro atoms. The Morgan fingerprint density at radius 3 is 2.41 bits per heavy atom. The van der Waals surface area contributed by atoms with Gasteiger partial charge in [-0.15, -0.1) is 0 Å². The second-order valence-electron chi connectivity index (χ2n) is 6.55. The number of rotatable bonds is 7. The number of carbonyl (C=O) groups is 1. The summed E-state index contributed by atoms with van der Waals surface area (Å²) in [6.07, 6.45) is 2.59. The van der Waals surface area contributed by atoms with Crippen molar-refractivity contribution in [1.29, 1.82) is 0 Å². The quantitative estimate of drug-likeness (QED) is 0.481. The van der Waals surface area contributed by atoms with Crippen molar-refractivity contribution >= 4 is 27.6 Å². The molecule has 0 aromatic heterocycles. The molecule has 0 amide bonds. The van der Waals surface area contributed by atoms with Crippen molar-refractivity contribution in [2.75, 3.05) is 26.3 Å². The fourth-order valence-corrected chi connectivity index (χ4v) is 5.00. The zero-order valence-electron chi connectivity index (χ0n) is 15.6. The molecule has 0 N–H and O–H groups in total. The molecule has 2 aromatic rings. The van der Waals surface area contributed by atoms with Gasteiger partial charge in [0, 0.05) is 13.1 Å². The van der Waals surface area contributed by atoms with E-state index in [4.69, 9.17) is 21.1 Å². The molecule has 2 aromatic carbocycles. The molecule has 1 aliphatic rings. The minimum Gasteiger partial charge on any atom is -0.490 e. The summed E-state index contributed by atoms with van der Waals surface area (Å²) in [6, 6.07) is 9.50. The number of ether oxygens (including phenoxy) is 2. The summed E-state index contributed by atoms with van der Waals surface area (Å²) in [5.41, 5.74) is 0.0896. The minimum atomic E-state index is -3.78. The maximum Gasteiger partial charge on any atom is 0.338 e. The summed E-state index contributed by atoms with van der Waals surface area (Å²) < 4.78 is 50.5. The summed E-state index contributed by atoms with van der Waals surface area (Å²) in [4.78, 5) is 12.2. The smallest absolute Gasteiger partial charge is 0.338 e. The van der Waals surface area contributed by atoms with Crippen LogP contribution >= 0.6 is 11.6 Å². The van der Waals surface area contributed by atoms with Crippen molar-refractivity contribution in [1.82, 2.24) is 4.31 Å². The van der Waals surface area contributed by atoms with Crippen LogP contribution in [-0.2, 0) is 14.8 Å². The predicted molar refractivity (Wildman–Crippen MR) is 106 cm³/mol. The van der Waals surface area contributed by atoms with E-state index < -0.39 is 16.0 Å². The lowest BCUT2D eigenvalue weighted by Crippen LogP contribution is -2.35. The Kier molecular flexibility index (Phi) is 7.10. The summed E-state index contributed by atoms with van der Waals surface area (Å²) >= 11 is 6.11. The molecule has 0 atom stereocenters. The maximum absolute atomic E-state index is 12.9. The van der Waals surface area contributed by atoms with Gasteiger partial charge in [0.25, 0.3) is 0 Å². The zero-order valence-corrected chi connectivity index (χ0v) is 17.2. The van der Waals surface area contributed by atoms with Crippen LogP contribution in [-0.4, -0.2) is 45.0 Å². The van der Waals surface area contributed by atoms with Crippen molar-refractivity contribution in [3.8, 4) is 5.75 Å². The molecular formula is C20H21ClFNO5S. The Morgan fingerprint density at radius 2 is 1.72 bits per heavy atom. The van der Waals surface area contributed by atoms with Crippen molar-refractivity contribution in [3.63, 3.8) is 0 Å². The third kappa shape index (κ3) is 5.46. The summed E-state index contributed by atoms with van der Waals surface area (Å²) in [7, 11) is -3.78. The van der Waals surface area contributed by atoms with Crippen molar-refractivity contribution < 1.29 is 27.1 Å². The monoisotopic (exact) mass is 441 g/mol. The van der Waals surface area contributed by atoms with Gasteiger partial charge in [0.15, 0.2) is 0 Å². The van der Waals surface area contributed by atoms with E-state index in [-0.39, 0.29) is 34.5 Å². The van der Waals surface area contributed by atoms with Crippen LogP contribution in [0, 0.1) is 5.82 Å². The summed E-state index contributed by atoms with van der Waals surface area (Å²) in [5.74, 6) is -0.606. The Bertz CT molecular complexity index is 959. The standard InChI is InChI=1S/C20H21ClFNO5S/c21-18-9-4-15(14-19(18)29(25,26)23-10-2-1-3-11-23)20(24)28-13-12-27-17-7-5-16(22)6-8-17/h4-9,14H,1-3,10-13H2. The van der Waals surface area contributed by atoms with Gasteiger partial charge in [-0.1, -0.05) is 18.0 Å². The van der Waals surface area contributed by atoms with Gasteiger partial charge in [-0.3, -0.25) is 0 Å². The van der Waals surface area contributed by atoms with E-state index in [0.717, 1.165) is 19.3 Å². The third-order valence-corrected chi connectivity index (χ3v) is 6.88. The number of piperidine rings is 1. The van der Waals surface area contributed by atoms with Crippen LogP contribution < -0.4 is 4.74 Å². The first-order chi connectivity index (χ1) is 13.9. The molecular weight excluding hydrogens is 421 g/mol. The molecule has 0 unspecified atom stereocenters. The average Bonchev–Trinajstić information content (AvgIpc) is 2.73. The normalized spacial score (nSPS) is 15.1. The van der Waals surface area contributed by atoms with E-state index in [1.54, 1.807) is 0 Å². The van der Waals surface area contributed by atoms with E-state index in [1.807, 2.05) is 0 Å². The van der Waals surface area contributed by atoms with E-state index in [0.29, 0.717) is 18.8 Å². The maximum atomic E-state index is 12.9. The number of hydrogen-bond acceptors (Lipinski definition) is 5. The SMILES string of the molecule is O=C(OCCOc1ccc(F)cc1)c1ccc(Cl)c(S(=O)(=O)N2CCCCC2)c1.